The van der Waals surface area contributed by atoms with Gasteiger partial charge in [0.1, 0.15) is 6.54 Å². The first-order valence-corrected chi connectivity index (χ1v) is 9.47. The highest BCUT2D eigenvalue weighted by atomic mass is 32.1. The molecule has 0 spiro atoms. The van der Waals surface area contributed by atoms with E-state index in [-0.39, 0.29) is 12.5 Å². The van der Waals surface area contributed by atoms with Crippen molar-refractivity contribution in [2.24, 2.45) is 0 Å². The van der Waals surface area contributed by atoms with Gasteiger partial charge in [-0.15, -0.1) is 0 Å². The number of nitrogens with zero attached hydrogens (tertiary/aromatic N) is 3. The standard InChI is InChI=1S/C18H28N4O3S/c1-2-25-17(23)14-20-18(26)22(15-16-4-6-19-7-5-16)9-3-8-21-10-12-24-13-11-21/h4-7H,2-3,8-15H2,1H3,(H,20,26). The topological polar surface area (TPSA) is 66.9 Å². The fourth-order valence-electron chi connectivity index (χ4n) is 2.74. The van der Waals surface area contributed by atoms with Crippen LogP contribution in [0.15, 0.2) is 24.5 Å². The van der Waals surface area contributed by atoms with Crippen LogP contribution in [-0.4, -0.2) is 78.4 Å². The second-order valence-corrected chi connectivity index (χ2v) is 6.44. The van der Waals surface area contributed by atoms with Crippen LogP contribution in [0.3, 0.4) is 0 Å². The number of hydrogen-bond donors (Lipinski definition) is 1. The zero-order valence-corrected chi connectivity index (χ0v) is 16.2. The molecular formula is C18H28N4O3S. The number of hydrogen-bond acceptors (Lipinski definition) is 6. The average Bonchev–Trinajstić information content (AvgIpc) is 2.67. The Morgan fingerprint density at radius 2 is 2.12 bits per heavy atom. The van der Waals surface area contributed by atoms with Crippen LogP contribution < -0.4 is 5.32 Å². The number of carbonyl (C=O) groups is 1. The van der Waals surface area contributed by atoms with Gasteiger partial charge in [0.05, 0.1) is 19.8 Å². The van der Waals surface area contributed by atoms with Gasteiger partial charge in [0.2, 0.25) is 0 Å². The maximum Gasteiger partial charge on any atom is 0.325 e. The molecule has 1 aliphatic rings. The molecule has 1 fully saturated rings. The zero-order valence-electron chi connectivity index (χ0n) is 15.4. The third kappa shape index (κ3) is 7.63. The third-order valence-corrected chi connectivity index (χ3v) is 4.51. The van der Waals surface area contributed by atoms with Crippen LogP contribution in [-0.2, 0) is 20.8 Å². The molecule has 2 heterocycles. The van der Waals surface area contributed by atoms with Gasteiger partial charge in [0, 0.05) is 45.1 Å². The third-order valence-electron chi connectivity index (χ3n) is 4.11. The minimum Gasteiger partial charge on any atom is -0.465 e. The SMILES string of the molecule is CCOC(=O)CNC(=S)N(CCCN1CCOCC1)Cc1ccncc1. The van der Waals surface area contributed by atoms with E-state index in [0.717, 1.165) is 51.4 Å². The van der Waals surface area contributed by atoms with Gasteiger partial charge in [0.25, 0.3) is 0 Å². The number of nitrogens with one attached hydrogen (secondary N) is 1. The molecule has 0 radical (unpaired) electrons. The van der Waals surface area contributed by atoms with E-state index in [1.807, 2.05) is 12.1 Å². The summed E-state index contributed by atoms with van der Waals surface area (Å²) in [5, 5.41) is 3.58. The van der Waals surface area contributed by atoms with E-state index < -0.39 is 0 Å². The minimum atomic E-state index is -0.299. The monoisotopic (exact) mass is 380 g/mol. The van der Waals surface area contributed by atoms with Crippen molar-refractivity contribution in [3.05, 3.63) is 30.1 Å². The molecule has 1 aromatic heterocycles. The van der Waals surface area contributed by atoms with E-state index in [4.69, 9.17) is 21.7 Å². The maximum absolute atomic E-state index is 11.6. The van der Waals surface area contributed by atoms with Gasteiger partial charge in [0.15, 0.2) is 5.11 Å². The second kappa shape index (κ2) is 11.8. The van der Waals surface area contributed by atoms with E-state index in [1.54, 1.807) is 19.3 Å². The molecule has 7 nitrogen and oxygen atoms in total. The Balaban J connectivity index is 1.85. The van der Waals surface area contributed by atoms with E-state index in [9.17, 15) is 4.79 Å². The van der Waals surface area contributed by atoms with E-state index in [2.05, 4.69) is 20.1 Å². The summed E-state index contributed by atoms with van der Waals surface area (Å²) in [5.74, 6) is -0.299. The van der Waals surface area contributed by atoms with Gasteiger partial charge >= 0.3 is 5.97 Å². The first-order chi connectivity index (χ1) is 12.7. The zero-order chi connectivity index (χ0) is 18.6. The smallest absolute Gasteiger partial charge is 0.325 e. The number of carbonyl (C=O) groups excluding carboxylic acids is 1. The Kier molecular flexibility index (Phi) is 9.30. The number of rotatable bonds is 9. The first-order valence-electron chi connectivity index (χ1n) is 9.06. The largest absolute Gasteiger partial charge is 0.465 e. The van der Waals surface area contributed by atoms with Crippen molar-refractivity contribution >= 4 is 23.3 Å². The average molecular weight is 381 g/mol. The van der Waals surface area contributed by atoms with Crippen molar-refractivity contribution in [2.75, 3.05) is 52.5 Å². The highest BCUT2D eigenvalue weighted by Gasteiger charge is 2.14. The quantitative estimate of drug-likeness (QED) is 0.504. The van der Waals surface area contributed by atoms with Crippen LogP contribution >= 0.6 is 12.2 Å². The van der Waals surface area contributed by atoms with E-state index >= 15 is 0 Å². The summed E-state index contributed by atoms with van der Waals surface area (Å²) in [7, 11) is 0. The van der Waals surface area contributed by atoms with Crippen LogP contribution in [0.1, 0.15) is 18.9 Å². The molecule has 0 amide bonds. The molecule has 0 aromatic carbocycles. The lowest BCUT2D eigenvalue weighted by Gasteiger charge is -2.29. The van der Waals surface area contributed by atoms with E-state index in [1.165, 1.54) is 0 Å². The minimum absolute atomic E-state index is 0.0863. The summed E-state index contributed by atoms with van der Waals surface area (Å²) in [4.78, 5) is 20.1. The lowest BCUT2D eigenvalue weighted by molar-refractivity contribution is -0.141. The maximum atomic E-state index is 11.6. The summed E-state index contributed by atoms with van der Waals surface area (Å²) >= 11 is 5.50. The summed E-state index contributed by atoms with van der Waals surface area (Å²) in [6.45, 7) is 8.33. The molecule has 0 aliphatic carbocycles. The Morgan fingerprint density at radius 3 is 2.81 bits per heavy atom. The molecule has 1 N–H and O–H groups in total. The van der Waals surface area contributed by atoms with Crippen molar-refractivity contribution in [3.8, 4) is 0 Å². The van der Waals surface area contributed by atoms with Crippen molar-refractivity contribution in [3.63, 3.8) is 0 Å². The number of thiocarbonyl (C=S) groups is 1. The lowest BCUT2D eigenvalue weighted by Crippen LogP contribution is -2.43. The lowest BCUT2D eigenvalue weighted by atomic mass is 10.2. The van der Waals surface area contributed by atoms with Crippen LogP contribution in [0.25, 0.3) is 0 Å². The summed E-state index contributed by atoms with van der Waals surface area (Å²) in [6.07, 6.45) is 4.54. The van der Waals surface area contributed by atoms with Crippen LogP contribution in [0.4, 0.5) is 0 Å². The molecule has 1 aromatic rings. The van der Waals surface area contributed by atoms with Crippen molar-refractivity contribution in [1.82, 2.24) is 20.1 Å². The first kappa shape index (κ1) is 20.5. The molecule has 0 saturated carbocycles. The van der Waals surface area contributed by atoms with Crippen LogP contribution in [0, 0.1) is 0 Å². The molecule has 1 aliphatic heterocycles. The number of pyridine rings is 1. The Bertz CT molecular complexity index is 553. The fraction of sp³-hybridized carbons (Fsp3) is 0.611. The van der Waals surface area contributed by atoms with Gasteiger partial charge in [-0.1, -0.05) is 0 Å². The number of esters is 1. The number of aromatic nitrogens is 1. The van der Waals surface area contributed by atoms with Gasteiger partial charge in [-0.3, -0.25) is 14.7 Å². The van der Waals surface area contributed by atoms with Crippen LogP contribution in [0.2, 0.25) is 0 Å². The molecule has 0 unspecified atom stereocenters. The van der Waals surface area contributed by atoms with Crippen molar-refractivity contribution in [2.45, 2.75) is 19.9 Å². The summed E-state index contributed by atoms with van der Waals surface area (Å²) < 4.78 is 10.3. The molecule has 26 heavy (non-hydrogen) atoms. The summed E-state index contributed by atoms with van der Waals surface area (Å²) in [5.41, 5.74) is 1.13. The molecular weight excluding hydrogens is 352 g/mol. The van der Waals surface area contributed by atoms with Crippen molar-refractivity contribution < 1.29 is 14.3 Å². The fourth-order valence-corrected chi connectivity index (χ4v) is 2.97. The highest BCUT2D eigenvalue weighted by molar-refractivity contribution is 7.80. The van der Waals surface area contributed by atoms with Gasteiger partial charge in [-0.25, -0.2) is 0 Å². The predicted molar refractivity (Wildman–Crippen MR) is 104 cm³/mol. The van der Waals surface area contributed by atoms with Crippen LogP contribution in [0.5, 0.6) is 0 Å². The molecule has 2 rings (SSSR count). The Hall–Kier alpha value is -1.77. The normalized spacial score (nSPS) is 14.7. The van der Waals surface area contributed by atoms with Gasteiger partial charge in [-0.05, 0) is 43.3 Å². The number of ether oxygens (including phenoxy) is 2. The summed E-state index contributed by atoms with van der Waals surface area (Å²) in [6, 6.07) is 3.95. The molecule has 0 bridgehead atoms. The molecule has 0 atom stereocenters. The van der Waals surface area contributed by atoms with E-state index in [0.29, 0.717) is 18.3 Å². The second-order valence-electron chi connectivity index (χ2n) is 6.05. The van der Waals surface area contributed by atoms with Gasteiger partial charge < -0.3 is 19.7 Å². The highest BCUT2D eigenvalue weighted by Crippen LogP contribution is 2.06. The molecule has 1 saturated heterocycles. The Labute approximate surface area is 160 Å². The number of morpholine rings is 1. The van der Waals surface area contributed by atoms with Gasteiger partial charge in [-0.2, -0.15) is 0 Å². The van der Waals surface area contributed by atoms with Crippen molar-refractivity contribution in [1.29, 1.82) is 0 Å². The molecule has 8 heteroatoms. The Morgan fingerprint density at radius 1 is 1.38 bits per heavy atom. The molecule has 144 valence electrons. The predicted octanol–water partition coefficient (Wildman–Crippen LogP) is 1.04.